The minimum atomic E-state index is -1.000. The number of nitrogens with one attached hydrogen (secondary N) is 2. The predicted octanol–water partition coefficient (Wildman–Crippen LogP) is -1.26. The molecule has 0 saturated carbocycles. The molecule has 0 spiro atoms. The Hall–Kier alpha value is -1.97. The molecule has 0 aromatic rings. The van der Waals surface area contributed by atoms with Crippen molar-refractivity contribution in [2.45, 2.75) is 0 Å². The van der Waals surface area contributed by atoms with E-state index in [1.807, 2.05) is 0 Å². The number of carbonyl (C=O) groups excluding carboxylic acids is 4. The third-order valence-corrected chi connectivity index (χ3v) is 2.86. The fraction of sp³-hybridized carbons (Fsp3) is 0.538. The van der Waals surface area contributed by atoms with Gasteiger partial charge in [0.25, 0.3) is 0 Å². The number of amides is 5. The van der Waals surface area contributed by atoms with Crippen molar-refractivity contribution in [3.63, 3.8) is 0 Å². The summed E-state index contributed by atoms with van der Waals surface area (Å²) >= 11 is 0. The summed E-state index contributed by atoms with van der Waals surface area (Å²) in [6, 6.07) is -0.803. The average Bonchev–Trinajstić information content (AvgIpc) is 2.69. The van der Waals surface area contributed by atoms with Gasteiger partial charge in [0, 0.05) is 33.3 Å². The van der Waals surface area contributed by atoms with E-state index < -0.39 is 30.3 Å². The van der Waals surface area contributed by atoms with E-state index in [1.54, 1.807) is 7.11 Å². The zero-order chi connectivity index (χ0) is 16.5. The van der Waals surface area contributed by atoms with Gasteiger partial charge in [-0.1, -0.05) is 6.08 Å². The standard InChI is InChI=1S/C13H20N4O5.ClH/c1-3-7-16-11(19)12(20)17(13(16)21)9-10(18)15-5-4-14-6-8-22-2;/h3,14H,1,4-9H2,2H3,(H,15,18);1H. The number of rotatable bonds is 10. The van der Waals surface area contributed by atoms with Crippen molar-refractivity contribution < 1.29 is 23.9 Å². The van der Waals surface area contributed by atoms with E-state index in [0.29, 0.717) is 31.1 Å². The molecule has 1 heterocycles. The fourth-order valence-electron chi connectivity index (χ4n) is 1.77. The van der Waals surface area contributed by atoms with E-state index in [4.69, 9.17) is 4.74 Å². The van der Waals surface area contributed by atoms with Crippen molar-refractivity contribution in [2.24, 2.45) is 0 Å². The van der Waals surface area contributed by atoms with E-state index in [2.05, 4.69) is 17.2 Å². The first kappa shape index (κ1) is 21.0. The predicted molar refractivity (Wildman–Crippen MR) is 84.0 cm³/mol. The van der Waals surface area contributed by atoms with E-state index in [0.717, 1.165) is 4.90 Å². The Morgan fingerprint density at radius 3 is 2.43 bits per heavy atom. The summed E-state index contributed by atoms with van der Waals surface area (Å²) in [6.07, 6.45) is 1.33. The van der Waals surface area contributed by atoms with Gasteiger partial charge in [-0.05, 0) is 0 Å². The van der Waals surface area contributed by atoms with Gasteiger partial charge in [0.1, 0.15) is 6.54 Å². The quantitative estimate of drug-likeness (QED) is 0.221. The van der Waals surface area contributed by atoms with Crippen LogP contribution in [-0.2, 0) is 19.1 Å². The van der Waals surface area contributed by atoms with Gasteiger partial charge < -0.3 is 15.4 Å². The normalized spacial score (nSPS) is 14.0. The van der Waals surface area contributed by atoms with Crippen molar-refractivity contribution in [1.82, 2.24) is 20.4 Å². The summed E-state index contributed by atoms with van der Waals surface area (Å²) < 4.78 is 4.85. The molecule has 1 saturated heterocycles. The summed E-state index contributed by atoms with van der Waals surface area (Å²) in [6.45, 7) is 4.94. The number of nitrogens with zero attached hydrogens (tertiary/aromatic N) is 2. The van der Waals surface area contributed by atoms with Crippen LogP contribution in [0.4, 0.5) is 4.79 Å². The lowest BCUT2D eigenvalue weighted by Crippen LogP contribution is -2.43. The monoisotopic (exact) mass is 348 g/mol. The van der Waals surface area contributed by atoms with Crippen molar-refractivity contribution in [3.8, 4) is 0 Å². The fourth-order valence-corrected chi connectivity index (χ4v) is 1.77. The summed E-state index contributed by atoms with van der Waals surface area (Å²) in [5.41, 5.74) is 0. The molecular weight excluding hydrogens is 328 g/mol. The number of halogens is 1. The highest BCUT2D eigenvalue weighted by molar-refractivity contribution is 6.45. The van der Waals surface area contributed by atoms with Crippen LogP contribution in [0.15, 0.2) is 12.7 Å². The first-order valence-electron chi connectivity index (χ1n) is 6.77. The molecule has 1 aliphatic rings. The zero-order valence-electron chi connectivity index (χ0n) is 12.9. The topological polar surface area (TPSA) is 108 Å². The van der Waals surface area contributed by atoms with Gasteiger partial charge >= 0.3 is 17.8 Å². The van der Waals surface area contributed by atoms with Gasteiger partial charge in [0.15, 0.2) is 0 Å². The highest BCUT2D eigenvalue weighted by Gasteiger charge is 2.44. The van der Waals surface area contributed by atoms with Crippen LogP contribution in [0.1, 0.15) is 0 Å². The Balaban J connectivity index is 0.00000484. The smallest absolute Gasteiger partial charge is 0.335 e. The second-order valence-corrected chi connectivity index (χ2v) is 4.47. The molecule has 2 N–H and O–H groups in total. The number of ether oxygens (including phenoxy) is 1. The van der Waals surface area contributed by atoms with Gasteiger partial charge in [-0.3, -0.25) is 19.3 Å². The Morgan fingerprint density at radius 1 is 1.17 bits per heavy atom. The maximum Gasteiger partial charge on any atom is 0.335 e. The molecule has 1 rings (SSSR count). The lowest BCUT2D eigenvalue weighted by Gasteiger charge is -2.14. The summed E-state index contributed by atoms with van der Waals surface area (Å²) in [4.78, 5) is 48.1. The number of carbonyl (C=O) groups is 4. The molecule has 5 amide bonds. The Morgan fingerprint density at radius 2 is 1.83 bits per heavy atom. The van der Waals surface area contributed by atoms with E-state index in [9.17, 15) is 19.2 Å². The van der Waals surface area contributed by atoms with Crippen LogP contribution >= 0.6 is 12.4 Å². The van der Waals surface area contributed by atoms with Crippen molar-refractivity contribution in [3.05, 3.63) is 12.7 Å². The van der Waals surface area contributed by atoms with Gasteiger partial charge in [-0.25, -0.2) is 9.69 Å². The lowest BCUT2D eigenvalue weighted by molar-refractivity contribution is -0.143. The summed E-state index contributed by atoms with van der Waals surface area (Å²) in [5, 5.41) is 5.57. The Kier molecular flexibility index (Phi) is 9.79. The lowest BCUT2D eigenvalue weighted by atomic mass is 10.4. The van der Waals surface area contributed by atoms with E-state index in [-0.39, 0.29) is 19.0 Å². The van der Waals surface area contributed by atoms with Crippen LogP contribution in [0.3, 0.4) is 0 Å². The van der Waals surface area contributed by atoms with Crippen LogP contribution < -0.4 is 10.6 Å². The molecule has 0 aliphatic carbocycles. The second kappa shape index (κ2) is 10.7. The molecule has 0 aromatic carbocycles. The number of urea groups is 1. The molecule has 9 nitrogen and oxygen atoms in total. The van der Waals surface area contributed by atoms with Crippen LogP contribution in [0.2, 0.25) is 0 Å². The summed E-state index contributed by atoms with van der Waals surface area (Å²) in [7, 11) is 1.59. The van der Waals surface area contributed by atoms with E-state index >= 15 is 0 Å². The van der Waals surface area contributed by atoms with Crippen LogP contribution in [0, 0.1) is 0 Å². The largest absolute Gasteiger partial charge is 0.383 e. The van der Waals surface area contributed by atoms with Crippen molar-refractivity contribution in [2.75, 3.05) is 46.4 Å². The molecule has 130 valence electrons. The van der Waals surface area contributed by atoms with Gasteiger partial charge in [-0.15, -0.1) is 19.0 Å². The molecule has 1 aliphatic heterocycles. The number of imide groups is 2. The van der Waals surface area contributed by atoms with Gasteiger partial charge in [0.05, 0.1) is 6.61 Å². The molecule has 23 heavy (non-hydrogen) atoms. The van der Waals surface area contributed by atoms with Crippen molar-refractivity contribution in [1.29, 1.82) is 0 Å². The third kappa shape index (κ3) is 5.97. The highest BCUT2D eigenvalue weighted by atomic mass is 35.5. The van der Waals surface area contributed by atoms with Gasteiger partial charge in [-0.2, -0.15) is 0 Å². The number of methoxy groups -OCH3 is 1. The maximum atomic E-state index is 11.9. The molecule has 0 aromatic heterocycles. The molecule has 10 heteroatoms. The minimum absolute atomic E-state index is 0. The first-order chi connectivity index (χ1) is 10.5. The minimum Gasteiger partial charge on any atom is -0.383 e. The highest BCUT2D eigenvalue weighted by Crippen LogP contribution is 2.11. The molecule has 0 atom stereocenters. The van der Waals surface area contributed by atoms with Crippen molar-refractivity contribution >= 4 is 36.2 Å². The number of hydrogen-bond donors (Lipinski definition) is 2. The first-order valence-corrected chi connectivity index (χ1v) is 6.77. The third-order valence-electron chi connectivity index (χ3n) is 2.86. The SMILES string of the molecule is C=CCN1C(=O)C(=O)N(CC(=O)NCCNCCOC)C1=O.Cl. The summed E-state index contributed by atoms with van der Waals surface area (Å²) in [5.74, 6) is -2.46. The molecule has 0 unspecified atom stereocenters. The molecule has 0 bridgehead atoms. The zero-order valence-corrected chi connectivity index (χ0v) is 13.7. The molecule has 1 fully saturated rings. The van der Waals surface area contributed by atoms with Crippen LogP contribution in [-0.4, -0.2) is 80.0 Å². The van der Waals surface area contributed by atoms with E-state index in [1.165, 1.54) is 6.08 Å². The second-order valence-electron chi connectivity index (χ2n) is 4.47. The van der Waals surface area contributed by atoms with Crippen LogP contribution in [0.5, 0.6) is 0 Å². The molecule has 0 radical (unpaired) electrons. The van der Waals surface area contributed by atoms with Crippen LogP contribution in [0.25, 0.3) is 0 Å². The Labute approximate surface area is 140 Å². The number of hydrogen-bond acceptors (Lipinski definition) is 6. The maximum absolute atomic E-state index is 11.9. The average molecular weight is 349 g/mol. The molecular formula is C13H21ClN4O5. The van der Waals surface area contributed by atoms with Gasteiger partial charge in [0.2, 0.25) is 5.91 Å². The Bertz CT molecular complexity index is 471.